The van der Waals surface area contributed by atoms with E-state index in [1.54, 1.807) is 0 Å². The maximum absolute atomic E-state index is 8.76. The first kappa shape index (κ1) is 12.8. The number of hydrogen-bond acceptors (Lipinski definition) is 3. The second-order valence-corrected chi connectivity index (χ2v) is 4.67. The van der Waals surface area contributed by atoms with Crippen LogP contribution in [0.4, 0.5) is 0 Å². The topological polar surface area (TPSA) is 30.3 Å². The number of hydrogen-bond donors (Lipinski definition) is 0. The van der Waals surface area contributed by atoms with Gasteiger partial charge in [-0.1, -0.05) is 18.2 Å². The van der Waals surface area contributed by atoms with Crippen LogP contribution in [0.5, 0.6) is 0 Å². The van der Waals surface area contributed by atoms with Crippen LogP contribution in [0.25, 0.3) is 0 Å². The molecule has 0 saturated carbocycles. The van der Waals surface area contributed by atoms with Crippen LogP contribution in [0.15, 0.2) is 36.9 Å². The molecule has 3 nitrogen and oxygen atoms in total. The fraction of sp³-hybridized carbons (Fsp3) is 0.400. The first-order chi connectivity index (χ1) is 8.81. The number of nitrogens with zero attached hydrogens (tertiary/aromatic N) is 3. The highest BCUT2D eigenvalue weighted by Gasteiger charge is 2.15. The molecule has 18 heavy (non-hydrogen) atoms. The summed E-state index contributed by atoms with van der Waals surface area (Å²) in [7, 11) is 0. The second kappa shape index (κ2) is 6.34. The minimum atomic E-state index is 0.731. The summed E-state index contributed by atoms with van der Waals surface area (Å²) in [6, 6.07) is 10.0. The molecule has 0 unspecified atom stereocenters. The average Bonchev–Trinajstić information content (AvgIpc) is 2.42. The monoisotopic (exact) mass is 241 g/mol. The summed E-state index contributed by atoms with van der Waals surface area (Å²) in [5.74, 6) is 0. The molecule has 1 aromatic rings. The lowest BCUT2D eigenvalue weighted by Crippen LogP contribution is -2.45. The van der Waals surface area contributed by atoms with E-state index in [1.807, 2.05) is 18.2 Å². The van der Waals surface area contributed by atoms with E-state index in [9.17, 15) is 0 Å². The number of nitriles is 1. The summed E-state index contributed by atoms with van der Waals surface area (Å²) in [6.07, 6.45) is 1.97. The Kier molecular flexibility index (Phi) is 4.52. The van der Waals surface area contributed by atoms with Gasteiger partial charge in [0.25, 0.3) is 0 Å². The predicted octanol–water partition coefficient (Wildman–Crippen LogP) is 1.86. The van der Waals surface area contributed by atoms with Gasteiger partial charge in [-0.25, -0.2) is 0 Å². The van der Waals surface area contributed by atoms with Crippen molar-refractivity contribution in [1.29, 1.82) is 5.26 Å². The zero-order valence-corrected chi connectivity index (χ0v) is 10.7. The van der Waals surface area contributed by atoms with Gasteiger partial charge in [-0.2, -0.15) is 5.26 Å². The molecule has 0 radical (unpaired) electrons. The Bertz CT molecular complexity index is 422. The summed E-state index contributed by atoms with van der Waals surface area (Å²) >= 11 is 0. The smallest absolute Gasteiger partial charge is 0.0991 e. The van der Waals surface area contributed by atoms with Crippen molar-refractivity contribution in [3.8, 4) is 6.07 Å². The maximum Gasteiger partial charge on any atom is 0.0991 e. The predicted molar refractivity (Wildman–Crippen MR) is 73.1 cm³/mol. The molecule has 94 valence electrons. The fourth-order valence-electron chi connectivity index (χ4n) is 2.26. The summed E-state index contributed by atoms with van der Waals surface area (Å²) in [5, 5.41) is 8.76. The Morgan fingerprint density at radius 2 is 1.72 bits per heavy atom. The fourth-order valence-corrected chi connectivity index (χ4v) is 2.26. The first-order valence-corrected chi connectivity index (χ1v) is 6.36. The van der Waals surface area contributed by atoms with Crippen molar-refractivity contribution >= 4 is 0 Å². The molecule has 0 atom stereocenters. The third-order valence-corrected chi connectivity index (χ3v) is 3.34. The van der Waals surface area contributed by atoms with E-state index in [0.717, 1.165) is 44.8 Å². The van der Waals surface area contributed by atoms with Gasteiger partial charge in [0, 0.05) is 39.3 Å². The zero-order chi connectivity index (χ0) is 12.8. The van der Waals surface area contributed by atoms with Crippen molar-refractivity contribution in [1.82, 2.24) is 9.80 Å². The van der Waals surface area contributed by atoms with Gasteiger partial charge in [0.1, 0.15) is 0 Å². The second-order valence-electron chi connectivity index (χ2n) is 4.67. The highest BCUT2D eigenvalue weighted by atomic mass is 15.3. The van der Waals surface area contributed by atoms with E-state index in [-0.39, 0.29) is 0 Å². The molecular formula is C15H19N3. The van der Waals surface area contributed by atoms with E-state index in [4.69, 9.17) is 5.26 Å². The number of rotatable bonds is 4. The van der Waals surface area contributed by atoms with Gasteiger partial charge in [0.15, 0.2) is 0 Å². The van der Waals surface area contributed by atoms with Crippen LogP contribution in [-0.2, 0) is 6.54 Å². The maximum atomic E-state index is 8.76. The third-order valence-electron chi connectivity index (χ3n) is 3.34. The SMILES string of the molecule is C=CCN1CCN(Cc2ccc(C#N)cc2)CC1. The summed E-state index contributed by atoms with van der Waals surface area (Å²) in [5.41, 5.74) is 2.01. The molecule has 0 amide bonds. The van der Waals surface area contributed by atoms with Gasteiger partial charge >= 0.3 is 0 Å². The third kappa shape index (κ3) is 3.43. The molecule has 0 aromatic heterocycles. The van der Waals surface area contributed by atoms with Crippen molar-refractivity contribution in [2.24, 2.45) is 0 Å². The molecule has 1 aliphatic heterocycles. The van der Waals surface area contributed by atoms with Crippen molar-refractivity contribution in [2.75, 3.05) is 32.7 Å². The summed E-state index contributed by atoms with van der Waals surface area (Å²) in [4.78, 5) is 4.88. The van der Waals surface area contributed by atoms with Gasteiger partial charge in [-0.15, -0.1) is 6.58 Å². The average molecular weight is 241 g/mol. The minimum Gasteiger partial charge on any atom is -0.297 e. The number of piperazine rings is 1. The van der Waals surface area contributed by atoms with Crippen LogP contribution in [0, 0.1) is 11.3 Å². The van der Waals surface area contributed by atoms with Crippen molar-refractivity contribution in [3.63, 3.8) is 0 Å². The van der Waals surface area contributed by atoms with E-state index in [0.29, 0.717) is 0 Å². The molecule has 0 spiro atoms. The molecule has 3 heteroatoms. The van der Waals surface area contributed by atoms with Crippen molar-refractivity contribution < 1.29 is 0 Å². The van der Waals surface area contributed by atoms with E-state index in [1.165, 1.54) is 5.56 Å². The Balaban J connectivity index is 1.84. The molecule has 0 aliphatic carbocycles. The Morgan fingerprint density at radius 3 is 2.28 bits per heavy atom. The quantitative estimate of drug-likeness (QED) is 0.754. The molecule has 0 N–H and O–H groups in total. The molecule has 2 rings (SSSR count). The van der Waals surface area contributed by atoms with E-state index < -0.39 is 0 Å². The molecule has 1 aromatic carbocycles. The van der Waals surface area contributed by atoms with Gasteiger partial charge in [-0.05, 0) is 17.7 Å². The molecule has 1 fully saturated rings. The largest absolute Gasteiger partial charge is 0.297 e. The minimum absolute atomic E-state index is 0.731. The van der Waals surface area contributed by atoms with Crippen LogP contribution >= 0.6 is 0 Å². The standard InChI is InChI=1S/C15H19N3/c1-2-7-17-8-10-18(11-9-17)13-15-5-3-14(12-16)4-6-15/h2-6H,1,7-11,13H2. The molecule has 0 bridgehead atoms. The zero-order valence-electron chi connectivity index (χ0n) is 10.7. The van der Waals surface area contributed by atoms with Crippen LogP contribution in [0.2, 0.25) is 0 Å². The van der Waals surface area contributed by atoms with Crippen LogP contribution in [0.3, 0.4) is 0 Å². The molecular weight excluding hydrogens is 222 g/mol. The highest BCUT2D eigenvalue weighted by Crippen LogP contribution is 2.09. The van der Waals surface area contributed by atoms with Crippen molar-refractivity contribution in [3.05, 3.63) is 48.0 Å². The van der Waals surface area contributed by atoms with Crippen LogP contribution < -0.4 is 0 Å². The molecule has 1 heterocycles. The summed E-state index contributed by atoms with van der Waals surface area (Å²) < 4.78 is 0. The van der Waals surface area contributed by atoms with Gasteiger partial charge in [0.2, 0.25) is 0 Å². The lowest BCUT2D eigenvalue weighted by molar-refractivity contribution is 0.137. The lowest BCUT2D eigenvalue weighted by atomic mass is 10.1. The van der Waals surface area contributed by atoms with E-state index in [2.05, 4.69) is 34.6 Å². The summed E-state index contributed by atoms with van der Waals surface area (Å²) in [6.45, 7) is 10.2. The lowest BCUT2D eigenvalue weighted by Gasteiger charge is -2.34. The van der Waals surface area contributed by atoms with E-state index >= 15 is 0 Å². The Labute approximate surface area is 109 Å². The Morgan fingerprint density at radius 1 is 1.11 bits per heavy atom. The van der Waals surface area contributed by atoms with Crippen LogP contribution in [-0.4, -0.2) is 42.5 Å². The molecule has 1 saturated heterocycles. The van der Waals surface area contributed by atoms with Gasteiger partial charge in [-0.3, -0.25) is 9.80 Å². The van der Waals surface area contributed by atoms with Gasteiger partial charge in [0.05, 0.1) is 11.6 Å². The van der Waals surface area contributed by atoms with Crippen LogP contribution in [0.1, 0.15) is 11.1 Å². The van der Waals surface area contributed by atoms with Crippen molar-refractivity contribution in [2.45, 2.75) is 6.54 Å². The number of benzene rings is 1. The highest BCUT2D eigenvalue weighted by molar-refractivity contribution is 5.31. The molecule has 1 aliphatic rings. The first-order valence-electron chi connectivity index (χ1n) is 6.36. The normalized spacial score (nSPS) is 17.3. The Hall–Kier alpha value is -1.63. The van der Waals surface area contributed by atoms with Gasteiger partial charge < -0.3 is 0 Å².